The number of sulfonamides is 1. The van der Waals surface area contributed by atoms with Gasteiger partial charge in [0.15, 0.2) is 0 Å². The molecular formula is C14H13BrCl2N2O2S2. The summed E-state index contributed by atoms with van der Waals surface area (Å²) in [5, 5.41) is 0. The molecule has 0 bridgehead atoms. The van der Waals surface area contributed by atoms with Gasteiger partial charge in [-0.05, 0) is 28.1 Å². The summed E-state index contributed by atoms with van der Waals surface area (Å²) >= 11 is 16.3. The minimum absolute atomic E-state index is 0.0716. The first-order valence-corrected chi connectivity index (χ1v) is 10.6. The van der Waals surface area contributed by atoms with Crippen LogP contribution in [-0.2, 0) is 10.0 Å². The summed E-state index contributed by atoms with van der Waals surface area (Å²) in [6.45, 7) is 2.09. The minimum Gasteiger partial charge on any atom is -0.369 e. The van der Waals surface area contributed by atoms with Crippen molar-refractivity contribution in [2.24, 2.45) is 0 Å². The van der Waals surface area contributed by atoms with Gasteiger partial charge in [0, 0.05) is 31.9 Å². The first-order chi connectivity index (χ1) is 10.9. The molecule has 0 aliphatic carbocycles. The van der Waals surface area contributed by atoms with E-state index < -0.39 is 10.0 Å². The van der Waals surface area contributed by atoms with Crippen molar-refractivity contribution < 1.29 is 8.42 Å². The Bertz CT molecular complexity index is 804. The van der Waals surface area contributed by atoms with Crippen LogP contribution in [0.3, 0.4) is 0 Å². The van der Waals surface area contributed by atoms with E-state index in [9.17, 15) is 8.42 Å². The van der Waals surface area contributed by atoms with E-state index in [1.807, 2.05) is 30.3 Å². The van der Waals surface area contributed by atoms with Gasteiger partial charge in [-0.1, -0.05) is 41.4 Å². The lowest BCUT2D eigenvalue weighted by molar-refractivity contribution is 0.385. The van der Waals surface area contributed by atoms with Crippen LogP contribution < -0.4 is 4.90 Å². The average molecular weight is 456 g/mol. The highest BCUT2D eigenvalue weighted by Gasteiger charge is 2.34. The second kappa shape index (κ2) is 6.90. The van der Waals surface area contributed by atoms with Crippen molar-refractivity contribution in [3.8, 4) is 0 Å². The lowest BCUT2D eigenvalue weighted by Gasteiger charge is -2.35. The Balaban J connectivity index is 1.79. The van der Waals surface area contributed by atoms with E-state index in [2.05, 4.69) is 20.8 Å². The average Bonchev–Trinajstić information content (AvgIpc) is 2.81. The largest absolute Gasteiger partial charge is 0.369 e. The van der Waals surface area contributed by atoms with Crippen LogP contribution >= 0.6 is 50.5 Å². The molecule has 1 aromatic carbocycles. The normalized spacial score (nSPS) is 16.7. The van der Waals surface area contributed by atoms with Crippen LogP contribution in [0.4, 0.5) is 5.69 Å². The Morgan fingerprint density at radius 1 is 1.00 bits per heavy atom. The van der Waals surface area contributed by atoms with Gasteiger partial charge in [-0.2, -0.15) is 4.31 Å². The number of anilines is 1. The number of piperazine rings is 1. The maximum Gasteiger partial charge on any atom is 0.246 e. The van der Waals surface area contributed by atoms with E-state index >= 15 is 0 Å². The van der Waals surface area contributed by atoms with E-state index in [0.717, 1.165) is 17.0 Å². The van der Waals surface area contributed by atoms with Gasteiger partial charge < -0.3 is 4.90 Å². The molecule has 0 radical (unpaired) electrons. The summed E-state index contributed by atoms with van der Waals surface area (Å²) < 4.78 is 28.0. The molecule has 2 aromatic rings. The van der Waals surface area contributed by atoms with E-state index in [0.29, 0.717) is 35.0 Å². The summed E-state index contributed by atoms with van der Waals surface area (Å²) in [5.74, 6) is 0. The number of thiophene rings is 1. The molecule has 1 aliphatic rings. The van der Waals surface area contributed by atoms with Crippen LogP contribution in [0.2, 0.25) is 8.67 Å². The van der Waals surface area contributed by atoms with Crippen LogP contribution in [-0.4, -0.2) is 38.9 Å². The first kappa shape index (κ1) is 17.5. The van der Waals surface area contributed by atoms with Crippen molar-refractivity contribution in [2.75, 3.05) is 31.1 Å². The lowest BCUT2D eigenvalue weighted by Crippen LogP contribution is -2.48. The second-order valence-corrected chi connectivity index (χ2v) is 9.91. The maximum atomic E-state index is 12.8. The Morgan fingerprint density at radius 2 is 1.61 bits per heavy atom. The van der Waals surface area contributed by atoms with E-state index in [1.54, 1.807) is 0 Å². The summed E-state index contributed by atoms with van der Waals surface area (Å²) in [5.41, 5.74) is 1.10. The predicted octanol–water partition coefficient (Wildman–Crippen LogP) is 4.33. The smallest absolute Gasteiger partial charge is 0.246 e. The highest BCUT2D eigenvalue weighted by molar-refractivity contribution is 9.10. The quantitative estimate of drug-likeness (QED) is 0.691. The molecule has 1 saturated heterocycles. The molecule has 0 N–H and O–H groups in total. The molecule has 0 unspecified atom stereocenters. The third kappa shape index (κ3) is 3.41. The second-order valence-electron chi connectivity index (χ2n) is 5.02. The van der Waals surface area contributed by atoms with E-state index in [-0.39, 0.29) is 9.23 Å². The number of benzene rings is 1. The molecular weight excluding hydrogens is 443 g/mol. The fraction of sp³-hybridized carbons (Fsp3) is 0.286. The maximum absolute atomic E-state index is 12.8. The molecule has 4 nitrogen and oxygen atoms in total. The van der Waals surface area contributed by atoms with Crippen LogP contribution in [0.25, 0.3) is 0 Å². The van der Waals surface area contributed by atoms with Crippen molar-refractivity contribution in [3.05, 3.63) is 43.5 Å². The van der Waals surface area contributed by atoms with Crippen molar-refractivity contribution in [2.45, 2.75) is 4.90 Å². The van der Waals surface area contributed by atoms with Crippen LogP contribution in [0, 0.1) is 0 Å². The first-order valence-electron chi connectivity index (χ1n) is 6.84. The molecule has 1 aliphatic heterocycles. The third-order valence-corrected chi connectivity index (χ3v) is 9.05. The zero-order valence-electron chi connectivity index (χ0n) is 11.9. The molecule has 2 heterocycles. The number of halogens is 3. The van der Waals surface area contributed by atoms with Crippen LogP contribution in [0.5, 0.6) is 0 Å². The van der Waals surface area contributed by atoms with Gasteiger partial charge in [0.05, 0.1) is 4.47 Å². The number of nitrogens with zero attached hydrogens (tertiary/aromatic N) is 2. The predicted molar refractivity (Wildman–Crippen MR) is 99.5 cm³/mol. The van der Waals surface area contributed by atoms with Crippen molar-refractivity contribution >= 4 is 66.2 Å². The molecule has 124 valence electrons. The fourth-order valence-electron chi connectivity index (χ4n) is 2.51. The molecule has 0 atom stereocenters. The summed E-state index contributed by atoms with van der Waals surface area (Å²) in [6, 6.07) is 9.96. The SMILES string of the molecule is O=S(=O)(c1c(Cl)sc(Cl)c1Br)N1CCN(c2ccccc2)CC1. The van der Waals surface area contributed by atoms with Gasteiger partial charge in [-0.3, -0.25) is 0 Å². The highest BCUT2D eigenvalue weighted by Crippen LogP contribution is 2.44. The molecule has 0 spiro atoms. The Hall–Kier alpha value is -0.310. The minimum atomic E-state index is -3.65. The Kier molecular flexibility index (Phi) is 5.25. The Morgan fingerprint density at radius 3 is 2.13 bits per heavy atom. The third-order valence-electron chi connectivity index (χ3n) is 3.69. The van der Waals surface area contributed by atoms with Gasteiger partial charge in [0.1, 0.15) is 13.6 Å². The topological polar surface area (TPSA) is 40.6 Å². The summed E-state index contributed by atoms with van der Waals surface area (Å²) in [4.78, 5) is 2.24. The number of para-hydroxylation sites is 1. The van der Waals surface area contributed by atoms with E-state index in [1.165, 1.54) is 4.31 Å². The number of rotatable bonds is 3. The molecule has 23 heavy (non-hydrogen) atoms. The number of hydrogen-bond donors (Lipinski definition) is 0. The molecule has 0 saturated carbocycles. The van der Waals surface area contributed by atoms with Gasteiger partial charge in [-0.15, -0.1) is 11.3 Å². The fourth-order valence-corrected chi connectivity index (χ4v) is 7.42. The van der Waals surface area contributed by atoms with Crippen LogP contribution in [0.15, 0.2) is 39.7 Å². The van der Waals surface area contributed by atoms with Gasteiger partial charge >= 0.3 is 0 Å². The van der Waals surface area contributed by atoms with Crippen molar-refractivity contribution in [1.29, 1.82) is 0 Å². The standard InChI is InChI=1S/C14H13BrCl2N2O2S2/c15-11-12(14(17)22-13(11)16)23(20,21)19-8-6-18(7-9-19)10-4-2-1-3-5-10/h1-5H,6-9H2. The highest BCUT2D eigenvalue weighted by atomic mass is 79.9. The van der Waals surface area contributed by atoms with Crippen molar-refractivity contribution in [3.63, 3.8) is 0 Å². The zero-order chi connectivity index (χ0) is 16.6. The molecule has 1 aromatic heterocycles. The van der Waals surface area contributed by atoms with Gasteiger partial charge in [0.2, 0.25) is 10.0 Å². The Labute approximate surface area is 157 Å². The van der Waals surface area contributed by atoms with Gasteiger partial charge in [-0.25, -0.2) is 8.42 Å². The molecule has 3 rings (SSSR count). The molecule has 1 fully saturated rings. The summed E-state index contributed by atoms with van der Waals surface area (Å²) in [6.07, 6.45) is 0. The van der Waals surface area contributed by atoms with E-state index in [4.69, 9.17) is 23.2 Å². The van der Waals surface area contributed by atoms with Crippen molar-refractivity contribution in [1.82, 2.24) is 4.31 Å². The number of hydrogen-bond acceptors (Lipinski definition) is 4. The molecule has 9 heteroatoms. The molecule has 0 amide bonds. The monoisotopic (exact) mass is 454 g/mol. The van der Waals surface area contributed by atoms with Crippen LogP contribution in [0.1, 0.15) is 0 Å². The zero-order valence-corrected chi connectivity index (χ0v) is 16.6. The summed E-state index contributed by atoms with van der Waals surface area (Å²) in [7, 11) is -3.65. The lowest BCUT2D eigenvalue weighted by atomic mass is 10.2. The van der Waals surface area contributed by atoms with Gasteiger partial charge in [0.25, 0.3) is 0 Å².